The molecule has 1 aromatic heterocycles. The summed E-state index contributed by atoms with van der Waals surface area (Å²) in [6, 6.07) is 10.1. The zero-order valence-corrected chi connectivity index (χ0v) is 17.3. The first-order valence-electron chi connectivity index (χ1n) is 10.7. The molecule has 5 atom stereocenters. The van der Waals surface area contributed by atoms with Gasteiger partial charge in [-0.25, -0.2) is 0 Å². The molecule has 0 radical (unpaired) electrons. The number of rotatable bonds is 6. The molecule has 3 aliphatic rings. The van der Waals surface area contributed by atoms with Gasteiger partial charge >= 0.3 is 0 Å². The van der Waals surface area contributed by atoms with E-state index >= 15 is 0 Å². The van der Waals surface area contributed by atoms with Gasteiger partial charge in [-0.15, -0.1) is 10.2 Å². The summed E-state index contributed by atoms with van der Waals surface area (Å²) in [5.41, 5.74) is 9.11. The van der Waals surface area contributed by atoms with Crippen molar-refractivity contribution in [2.45, 2.75) is 49.7 Å². The molecule has 3 fully saturated rings. The van der Waals surface area contributed by atoms with Crippen LogP contribution in [0.5, 0.6) is 0 Å². The third-order valence-electron chi connectivity index (χ3n) is 6.83. The molecule has 1 aromatic carbocycles. The monoisotopic (exact) mass is 421 g/mol. The molecule has 4 heterocycles. The minimum Gasteiger partial charge on any atom is -0.372 e. The molecule has 0 saturated carbocycles. The Kier molecular flexibility index (Phi) is 5.09. The van der Waals surface area contributed by atoms with Gasteiger partial charge < -0.3 is 20.6 Å². The van der Waals surface area contributed by atoms with E-state index in [0.29, 0.717) is 12.4 Å². The molecular formula is C21H27N9O. The van der Waals surface area contributed by atoms with Crippen molar-refractivity contribution < 1.29 is 5.11 Å². The number of benzene rings is 1. The van der Waals surface area contributed by atoms with Crippen LogP contribution in [0.2, 0.25) is 0 Å². The number of likely N-dealkylation sites (tertiary alicyclic amines) is 2. The number of anilines is 1. The van der Waals surface area contributed by atoms with Gasteiger partial charge in [-0.3, -0.25) is 4.90 Å². The molecule has 162 valence electrons. The van der Waals surface area contributed by atoms with Crippen molar-refractivity contribution in [3.8, 4) is 17.5 Å². The number of nitrogens with zero attached hydrogens (tertiary/aromatic N) is 7. The summed E-state index contributed by atoms with van der Waals surface area (Å²) in [5.74, 6) is 0.532. The van der Waals surface area contributed by atoms with Gasteiger partial charge in [-0.2, -0.15) is 10.5 Å². The Balaban J connectivity index is 1.26. The Bertz CT molecular complexity index is 985. The van der Waals surface area contributed by atoms with Crippen molar-refractivity contribution in [3.63, 3.8) is 0 Å². The first kappa shape index (κ1) is 19.9. The van der Waals surface area contributed by atoms with E-state index in [1.807, 2.05) is 29.2 Å². The van der Waals surface area contributed by atoms with Gasteiger partial charge in [0.1, 0.15) is 12.3 Å². The molecule has 4 N–H and O–H groups in total. The van der Waals surface area contributed by atoms with E-state index in [2.05, 4.69) is 43.1 Å². The number of nitrogens with one attached hydrogen (secondary N) is 1. The highest BCUT2D eigenvalue weighted by Crippen LogP contribution is 2.39. The number of H-pyrrole nitrogens is 1. The molecule has 0 spiro atoms. The Morgan fingerprint density at radius 1 is 1.45 bits per heavy atom. The van der Waals surface area contributed by atoms with Crippen molar-refractivity contribution in [1.29, 1.82) is 5.26 Å². The third-order valence-corrected chi connectivity index (χ3v) is 6.83. The fraction of sp³-hybridized carbons (Fsp3) is 0.524. The number of aromatic amines is 1. The Morgan fingerprint density at radius 3 is 3.06 bits per heavy atom. The SMILES string of the molecule is C=C(C(N)CN1C[C@@H]2CC1C(O)N2c1cccc(-c2nn[nH]n2)c1)N1CCCC1C#N. The first-order valence-corrected chi connectivity index (χ1v) is 10.7. The normalized spacial score (nSPS) is 28.8. The minimum absolute atomic E-state index is 0.0167. The van der Waals surface area contributed by atoms with Gasteiger partial charge in [0, 0.05) is 42.6 Å². The predicted octanol–water partition coefficient (Wildman–Crippen LogP) is 0.277. The summed E-state index contributed by atoms with van der Waals surface area (Å²) < 4.78 is 0. The fourth-order valence-electron chi connectivity index (χ4n) is 5.30. The number of aliphatic hydroxyl groups is 1. The van der Waals surface area contributed by atoms with Crippen LogP contribution in [0.25, 0.3) is 11.4 Å². The maximum absolute atomic E-state index is 11.1. The number of hydrogen-bond acceptors (Lipinski definition) is 9. The first-order chi connectivity index (χ1) is 15.1. The maximum Gasteiger partial charge on any atom is 0.204 e. The molecule has 10 heteroatoms. The molecule has 4 unspecified atom stereocenters. The fourth-order valence-corrected chi connectivity index (χ4v) is 5.30. The van der Waals surface area contributed by atoms with Crippen LogP contribution in [0.1, 0.15) is 19.3 Å². The third kappa shape index (κ3) is 3.44. The molecular weight excluding hydrogens is 394 g/mol. The van der Waals surface area contributed by atoms with E-state index in [1.165, 1.54) is 0 Å². The van der Waals surface area contributed by atoms with Crippen LogP contribution in [-0.4, -0.2) is 85.6 Å². The summed E-state index contributed by atoms with van der Waals surface area (Å²) in [5, 5.41) is 34.6. The molecule has 31 heavy (non-hydrogen) atoms. The summed E-state index contributed by atoms with van der Waals surface area (Å²) in [6.07, 6.45) is 2.14. The number of piperazine rings is 1. The van der Waals surface area contributed by atoms with Crippen molar-refractivity contribution in [1.82, 2.24) is 30.4 Å². The maximum atomic E-state index is 11.1. The van der Waals surface area contributed by atoms with E-state index in [-0.39, 0.29) is 24.2 Å². The molecule has 5 rings (SSSR count). The van der Waals surface area contributed by atoms with Crippen LogP contribution < -0.4 is 10.6 Å². The topological polar surface area (TPSA) is 134 Å². The molecule has 2 bridgehead atoms. The highest BCUT2D eigenvalue weighted by atomic mass is 16.3. The second kappa shape index (κ2) is 7.92. The highest BCUT2D eigenvalue weighted by molar-refractivity contribution is 5.64. The van der Waals surface area contributed by atoms with Crippen LogP contribution >= 0.6 is 0 Å². The van der Waals surface area contributed by atoms with Crippen LogP contribution in [0.4, 0.5) is 5.69 Å². The average molecular weight is 422 g/mol. The lowest BCUT2D eigenvalue weighted by molar-refractivity contribution is 0.0622. The van der Waals surface area contributed by atoms with Gasteiger partial charge in [0.05, 0.1) is 18.2 Å². The minimum atomic E-state index is -0.613. The Labute approximate surface area is 180 Å². The number of nitrogens with two attached hydrogens (primary N) is 1. The van der Waals surface area contributed by atoms with E-state index in [0.717, 1.165) is 49.3 Å². The van der Waals surface area contributed by atoms with Gasteiger partial charge in [-0.05, 0) is 36.6 Å². The van der Waals surface area contributed by atoms with E-state index in [9.17, 15) is 10.4 Å². The number of aliphatic hydroxyl groups excluding tert-OH is 1. The lowest BCUT2D eigenvalue weighted by Gasteiger charge is -2.41. The zero-order chi connectivity index (χ0) is 21.5. The lowest BCUT2D eigenvalue weighted by Crippen LogP contribution is -2.56. The molecule has 0 aliphatic carbocycles. The number of tetrazole rings is 1. The quantitative estimate of drug-likeness (QED) is 0.601. The van der Waals surface area contributed by atoms with E-state index in [1.54, 1.807) is 0 Å². The molecule has 0 amide bonds. The van der Waals surface area contributed by atoms with Crippen LogP contribution in [0, 0.1) is 11.3 Å². The van der Waals surface area contributed by atoms with E-state index in [4.69, 9.17) is 5.73 Å². The van der Waals surface area contributed by atoms with Gasteiger partial charge in [0.15, 0.2) is 0 Å². The predicted molar refractivity (Wildman–Crippen MR) is 114 cm³/mol. The lowest BCUT2D eigenvalue weighted by atomic mass is 10.1. The largest absolute Gasteiger partial charge is 0.372 e. The highest BCUT2D eigenvalue weighted by Gasteiger charge is 2.50. The summed E-state index contributed by atoms with van der Waals surface area (Å²) in [4.78, 5) is 6.39. The van der Waals surface area contributed by atoms with Crippen molar-refractivity contribution in [2.24, 2.45) is 5.73 Å². The Hall–Kier alpha value is -3.00. The summed E-state index contributed by atoms with van der Waals surface area (Å²) in [7, 11) is 0. The van der Waals surface area contributed by atoms with Crippen molar-refractivity contribution in [3.05, 3.63) is 36.5 Å². The Morgan fingerprint density at radius 2 is 2.32 bits per heavy atom. The average Bonchev–Trinajstić information content (AvgIpc) is 3.57. The van der Waals surface area contributed by atoms with E-state index < -0.39 is 6.23 Å². The number of fused-ring (bicyclic) bond motifs is 2. The molecule has 3 aliphatic heterocycles. The van der Waals surface area contributed by atoms with Crippen LogP contribution in [0.15, 0.2) is 36.5 Å². The summed E-state index contributed by atoms with van der Waals surface area (Å²) in [6.45, 7) is 6.48. The smallest absolute Gasteiger partial charge is 0.204 e. The van der Waals surface area contributed by atoms with Gasteiger partial charge in [0.25, 0.3) is 0 Å². The van der Waals surface area contributed by atoms with Crippen molar-refractivity contribution >= 4 is 5.69 Å². The zero-order valence-electron chi connectivity index (χ0n) is 17.3. The number of hydrogen-bond donors (Lipinski definition) is 3. The standard InChI is InChI=1S/C21H27N9O/c1-13(29-7-3-6-16(29)10-22)18(23)12-28-11-17-9-19(28)21(31)30(17)15-5-2-4-14(8-15)20-24-26-27-25-20/h2,4-5,8,16-19,21,31H,1,3,6-7,9,11-12,23H2,(H,24,25,26,27)/t16?,17-,18?,19?,21?/m0/s1. The second-order valence-corrected chi connectivity index (χ2v) is 8.60. The molecule has 2 aromatic rings. The van der Waals surface area contributed by atoms with Crippen LogP contribution in [-0.2, 0) is 0 Å². The molecule has 10 nitrogen and oxygen atoms in total. The van der Waals surface area contributed by atoms with Gasteiger partial charge in [-0.1, -0.05) is 18.7 Å². The van der Waals surface area contributed by atoms with Crippen molar-refractivity contribution in [2.75, 3.05) is 24.5 Å². The molecule has 3 saturated heterocycles. The second-order valence-electron chi connectivity index (χ2n) is 8.60. The number of aromatic nitrogens is 4. The number of nitriles is 1. The summed E-state index contributed by atoms with van der Waals surface area (Å²) >= 11 is 0. The van der Waals surface area contributed by atoms with Gasteiger partial charge in [0.2, 0.25) is 5.82 Å². The van der Waals surface area contributed by atoms with Crippen LogP contribution in [0.3, 0.4) is 0 Å².